The molecule has 6 nitrogen and oxygen atoms in total. The molecule has 31 heavy (non-hydrogen) atoms. The van der Waals surface area contributed by atoms with Crippen molar-refractivity contribution in [3.8, 4) is 5.75 Å². The topological polar surface area (TPSA) is 63.7 Å². The van der Waals surface area contributed by atoms with Gasteiger partial charge in [-0.1, -0.05) is 24.3 Å². The minimum atomic E-state index is -0.387. The molecular formula is C25H27N3O3. The van der Waals surface area contributed by atoms with Gasteiger partial charge in [-0.25, -0.2) is 4.98 Å². The standard InChI is InChI=1S/C25H27N3O3/c1-17-8-13-22(26-16-17)28-14-15-31-23-20(6-5-7-21(23)28)24(29)27-19-11-9-18(10-12-19)25(2,3)30-4/h5-13,16H,14-15H2,1-4H3,(H,27,29). The fourth-order valence-electron chi connectivity index (χ4n) is 3.56. The lowest BCUT2D eigenvalue weighted by molar-refractivity contribution is 0.0192. The molecule has 0 saturated carbocycles. The van der Waals surface area contributed by atoms with Crippen molar-refractivity contribution in [2.24, 2.45) is 0 Å². The molecule has 3 aromatic rings. The van der Waals surface area contributed by atoms with Gasteiger partial charge in [0.2, 0.25) is 0 Å². The van der Waals surface area contributed by atoms with E-state index < -0.39 is 0 Å². The van der Waals surface area contributed by atoms with Crippen molar-refractivity contribution >= 4 is 23.1 Å². The third kappa shape index (κ3) is 4.25. The van der Waals surface area contributed by atoms with Crippen LogP contribution in [0.2, 0.25) is 0 Å². The molecule has 0 unspecified atom stereocenters. The first-order valence-corrected chi connectivity index (χ1v) is 10.3. The van der Waals surface area contributed by atoms with Crippen LogP contribution in [-0.4, -0.2) is 31.2 Å². The van der Waals surface area contributed by atoms with Crippen molar-refractivity contribution in [1.29, 1.82) is 0 Å². The van der Waals surface area contributed by atoms with Crippen LogP contribution < -0.4 is 15.0 Å². The molecule has 0 saturated heterocycles. The molecule has 1 N–H and O–H groups in total. The number of aromatic nitrogens is 1. The molecule has 160 valence electrons. The number of para-hydroxylation sites is 1. The summed E-state index contributed by atoms with van der Waals surface area (Å²) in [5.41, 5.74) is 3.80. The summed E-state index contributed by atoms with van der Waals surface area (Å²) in [6.45, 7) is 7.17. The highest BCUT2D eigenvalue weighted by Gasteiger charge is 2.25. The van der Waals surface area contributed by atoms with Crippen LogP contribution in [0.1, 0.15) is 35.3 Å². The van der Waals surface area contributed by atoms with E-state index in [1.807, 2.05) is 75.5 Å². The zero-order chi connectivity index (χ0) is 22.0. The number of fused-ring (bicyclic) bond motifs is 1. The Morgan fingerprint density at radius 3 is 2.58 bits per heavy atom. The first kappa shape index (κ1) is 20.9. The Balaban J connectivity index is 1.59. The van der Waals surface area contributed by atoms with Gasteiger partial charge in [0.25, 0.3) is 5.91 Å². The number of pyridine rings is 1. The van der Waals surface area contributed by atoms with Gasteiger partial charge in [-0.2, -0.15) is 0 Å². The maximum Gasteiger partial charge on any atom is 0.259 e. The van der Waals surface area contributed by atoms with E-state index in [0.717, 1.165) is 22.6 Å². The summed E-state index contributed by atoms with van der Waals surface area (Å²) in [6.07, 6.45) is 1.84. The molecule has 0 aliphatic carbocycles. The van der Waals surface area contributed by atoms with Gasteiger partial charge in [-0.15, -0.1) is 0 Å². The number of nitrogens with one attached hydrogen (secondary N) is 1. The van der Waals surface area contributed by atoms with Crippen molar-refractivity contribution in [1.82, 2.24) is 4.98 Å². The minimum absolute atomic E-state index is 0.214. The normalized spacial score (nSPS) is 13.4. The van der Waals surface area contributed by atoms with Gasteiger partial charge in [0.15, 0.2) is 5.75 Å². The number of nitrogens with zero attached hydrogens (tertiary/aromatic N) is 2. The summed E-state index contributed by atoms with van der Waals surface area (Å²) in [5, 5.41) is 2.97. The maximum absolute atomic E-state index is 13.1. The lowest BCUT2D eigenvalue weighted by Gasteiger charge is -2.31. The van der Waals surface area contributed by atoms with Crippen LogP contribution in [0.3, 0.4) is 0 Å². The Bertz CT molecular complexity index is 1080. The summed E-state index contributed by atoms with van der Waals surface area (Å²) in [4.78, 5) is 19.7. The molecule has 1 aliphatic rings. The monoisotopic (exact) mass is 417 g/mol. The summed E-state index contributed by atoms with van der Waals surface area (Å²) in [5.74, 6) is 1.20. The number of ether oxygens (including phenoxy) is 2. The molecule has 2 aromatic carbocycles. The number of anilines is 3. The number of aryl methyl sites for hydroxylation is 1. The number of methoxy groups -OCH3 is 1. The van der Waals surface area contributed by atoms with E-state index in [9.17, 15) is 4.79 Å². The number of benzene rings is 2. The number of amides is 1. The predicted octanol–water partition coefficient (Wildman–Crippen LogP) is 5.05. The fourth-order valence-corrected chi connectivity index (χ4v) is 3.56. The minimum Gasteiger partial charge on any atom is -0.489 e. The van der Waals surface area contributed by atoms with Crippen LogP contribution in [-0.2, 0) is 10.3 Å². The van der Waals surface area contributed by atoms with Crippen LogP contribution >= 0.6 is 0 Å². The van der Waals surface area contributed by atoms with E-state index in [1.54, 1.807) is 13.2 Å². The second-order valence-corrected chi connectivity index (χ2v) is 8.09. The Morgan fingerprint density at radius 1 is 1.13 bits per heavy atom. The first-order valence-electron chi connectivity index (χ1n) is 10.3. The SMILES string of the molecule is COC(C)(C)c1ccc(NC(=O)c2cccc3c2OCCN3c2ccc(C)cn2)cc1. The van der Waals surface area contributed by atoms with E-state index in [1.165, 1.54) is 0 Å². The number of hydrogen-bond acceptors (Lipinski definition) is 5. The molecule has 2 heterocycles. The van der Waals surface area contributed by atoms with Gasteiger partial charge in [0.1, 0.15) is 12.4 Å². The maximum atomic E-state index is 13.1. The summed E-state index contributed by atoms with van der Waals surface area (Å²) in [7, 11) is 1.68. The summed E-state index contributed by atoms with van der Waals surface area (Å²) in [6, 6.07) is 17.3. The van der Waals surface area contributed by atoms with Crippen molar-refractivity contribution in [3.05, 3.63) is 77.5 Å². The summed E-state index contributed by atoms with van der Waals surface area (Å²) < 4.78 is 11.4. The zero-order valence-corrected chi connectivity index (χ0v) is 18.3. The highest BCUT2D eigenvalue weighted by Crippen LogP contribution is 2.38. The highest BCUT2D eigenvalue weighted by atomic mass is 16.5. The van der Waals surface area contributed by atoms with E-state index in [0.29, 0.717) is 30.2 Å². The number of hydrogen-bond donors (Lipinski definition) is 1. The lowest BCUT2D eigenvalue weighted by atomic mass is 9.98. The van der Waals surface area contributed by atoms with Gasteiger partial charge < -0.3 is 19.7 Å². The van der Waals surface area contributed by atoms with Crippen LogP contribution in [0.25, 0.3) is 0 Å². The molecule has 0 spiro atoms. The summed E-state index contributed by atoms with van der Waals surface area (Å²) >= 11 is 0. The van der Waals surface area contributed by atoms with Gasteiger partial charge in [-0.3, -0.25) is 4.79 Å². The third-order valence-electron chi connectivity index (χ3n) is 5.61. The van der Waals surface area contributed by atoms with Crippen LogP contribution in [0.4, 0.5) is 17.2 Å². The molecule has 0 fully saturated rings. The smallest absolute Gasteiger partial charge is 0.259 e. The quantitative estimate of drug-likeness (QED) is 0.629. The Morgan fingerprint density at radius 2 is 1.90 bits per heavy atom. The zero-order valence-electron chi connectivity index (χ0n) is 18.3. The second kappa shape index (κ2) is 8.40. The molecular weight excluding hydrogens is 390 g/mol. The average Bonchev–Trinajstić information content (AvgIpc) is 2.79. The number of carbonyl (C=O) groups excluding carboxylic acids is 1. The Hall–Kier alpha value is -3.38. The van der Waals surface area contributed by atoms with E-state index in [2.05, 4.69) is 15.2 Å². The second-order valence-electron chi connectivity index (χ2n) is 8.09. The molecule has 1 aliphatic heterocycles. The lowest BCUT2D eigenvalue weighted by Crippen LogP contribution is -2.30. The van der Waals surface area contributed by atoms with Crippen molar-refractivity contribution in [2.75, 3.05) is 30.5 Å². The molecule has 0 radical (unpaired) electrons. The Kier molecular flexibility index (Phi) is 5.65. The van der Waals surface area contributed by atoms with Gasteiger partial charge >= 0.3 is 0 Å². The number of carbonyl (C=O) groups is 1. The molecule has 1 aromatic heterocycles. The number of rotatable bonds is 5. The first-order chi connectivity index (χ1) is 14.9. The van der Waals surface area contributed by atoms with Gasteiger partial charge in [-0.05, 0) is 62.2 Å². The highest BCUT2D eigenvalue weighted by molar-refractivity contribution is 6.07. The third-order valence-corrected chi connectivity index (χ3v) is 5.61. The largest absolute Gasteiger partial charge is 0.489 e. The predicted molar refractivity (Wildman–Crippen MR) is 122 cm³/mol. The van der Waals surface area contributed by atoms with Crippen LogP contribution in [0.5, 0.6) is 5.75 Å². The van der Waals surface area contributed by atoms with Gasteiger partial charge in [0.05, 0.1) is 23.4 Å². The molecule has 6 heteroatoms. The van der Waals surface area contributed by atoms with E-state index >= 15 is 0 Å². The molecule has 0 bridgehead atoms. The van der Waals surface area contributed by atoms with Crippen molar-refractivity contribution < 1.29 is 14.3 Å². The van der Waals surface area contributed by atoms with E-state index in [4.69, 9.17) is 9.47 Å². The molecule has 0 atom stereocenters. The van der Waals surface area contributed by atoms with E-state index in [-0.39, 0.29) is 11.5 Å². The van der Waals surface area contributed by atoms with Crippen molar-refractivity contribution in [3.63, 3.8) is 0 Å². The van der Waals surface area contributed by atoms with Crippen LogP contribution in [0, 0.1) is 6.92 Å². The van der Waals surface area contributed by atoms with Crippen LogP contribution in [0.15, 0.2) is 60.8 Å². The average molecular weight is 418 g/mol. The van der Waals surface area contributed by atoms with Crippen molar-refractivity contribution in [2.45, 2.75) is 26.4 Å². The van der Waals surface area contributed by atoms with Gasteiger partial charge in [0, 0.05) is 19.0 Å². The molecule has 4 rings (SSSR count). The Labute approximate surface area is 182 Å². The fraction of sp³-hybridized carbons (Fsp3) is 0.280. The molecule has 1 amide bonds.